The van der Waals surface area contributed by atoms with Gasteiger partial charge in [-0.15, -0.1) is 10.2 Å². The van der Waals surface area contributed by atoms with Crippen LogP contribution in [0.3, 0.4) is 0 Å². The molecular formula is C20H13Cl3N6O3. The number of nitrogens with two attached hydrogens (primary N) is 1. The fourth-order valence-corrected chi connectivity index (χ4v) is 3.57. The maximum Gasteiger partial charge on any atom is 0.347 e. The molecule has 162 valence electrons. The number of urea groups is 1. The molecular weight excluding hydrogens is 479 g/mol. The quantitative estimate of drug-likeness (QED) is 0.495. The summed E-state index contributed by atoms with van der Waals surface area (Å²) in [4.78, 5) is 24.1. The molecule has 0 saturated heterocycles. The normalized spacial score (nSPS) is 13.6. The van der Waals surface area contributed by atoms with Crippen LogP contribution in [0, 0.1) is 0 Å². The first kappa shape index (κ1) is 21.7. The molecule has 32 heavy (non-hydrogen) atoms. The van der Waals surface area contributed by atoms with E-state index in [1.807, 2.05) is 0 Å². The second kappa shape index (κ2) is 8.54. The number of amidine groups is 1. The van der Waals surface area contributed by atoms with Crippen LogP contribution in [0.4, 0.5) is 10.5 Å². The number of carbonyl (C=O) groups is 1. The Bertz CT molecular complexity index is 1330. The first-order chi connectivity index (χ1) is 15.2. The average Bonchev–Trinajstić information content (AvgIpc) is 2.74. The number of benzene rings is 2. The molecule has 0 aliphatic carbocycles. The van der Waals surface area contributed by atoms with E-state index in [2.05, 4.69) is 27.2 Å². The molecule has 0 spiro atoms. The lowest BCUT2D eigenvalue weighted by Crippen LogP contribution is -2.45. The molecule has 4 N–H and O–H groups in total. The highest BCUT2D eigenvalue weighted by molar-refractivity contribution is 6.37. The van der Waals surface area contributed by atoms with Crippen molar-refractivity contribution in [3.8, 4) is 22.8 Å². The summed E-state index contributed by atoms with van der Waals surface area (Å²) in [7, 11) is 0. The van der Waals surface area contributed by atoms with Crippen LogP contribution in [-0.2, 0) is 0 Å². The molecule has 2 amide bonds. The van der Waals surface area contributed by atoms with E-state index >= 15 is 0 Å². The number of amides is 2. The summed E-state index contributed by atoms with van der Waals surface area (Å²) in [5.74, 6) is 0.122. The van der Waals surface area contributed by atoms with Crippen LogP contribution in [0.2, 0.25) is 15.1 Å². The molecule has 1 aliphatic rings. The van der Waals surface area contributed by atoms with E-state index in [1.54, 1.807) is 24.3 Å². The van der Waals surface area contributed by atoms with Crippen molar-refractivity contribution < 1.29 is 9.53 Å². The molecule has 3 aromatic rings. The molecule has 1 aliphatic heterocycles. The van der Waals surface area contributed by atoms with E-state index < -0.39 is 11.6 Å². The number of aromatic amines is 1. The molecule has 0 bridgehead atoms. The SMILES string of the molecule is C=C1NC(=O)N(c2cc(Cl)c(Oc3n[nH]c(=O)cc3-c3cccc(Cl)c3)c(Cl)c2)N=C1N. The Morgan fingerprint density at radius 1 is 1.06 bits per heavy atom. The number of H-pyrrole nitrogens is 1. The van der Waals surface area contributed by atoms with Gasteiger partial charge in [-0.3, -0.25) is 4.79 Å². The summed E-state index contributed by atoms with van der Waals surface area (Å²) < 4.78 is 5.85. The first-order valence-corrected chi connectivity index (χ1v) is 10.0. The minimum atomic E-state index is -0.587. The van der Waals surface area contributed by atoms with Gasteiger partial charge < -0.3 is 15.8 Å². The molecule has 0 atom stereocenters. The molecule has 0 fully saturated rings. The number of nitrogens with zero attached hydrogens (tertiary/aromatic N) is 3. The third-order valence-electron chi connectivity index (χ3n) is 4.30. The summed E-state index contributed by atoms with van der Waals surface area (Å²) in [6.07, 6.45) is 0. The number of aromatic nitrogens is 2. The number of anilines is 1. The average molecular weight is 492 g/mol. The van der Waals surface area contributed by atoms with Crippen molar-refractivity contribution in [2.75, 3.05) is 5.01 Å². The molecule has 1 aromatic heterocycles. The van der Waals surface area contributed by atoms with Crippen LogP contribution in [0.25, 0.3) is 11.1 Å². The minimum absolute atomic E-state index is 0.0285. The smallest absolute Gasteiger partial charge is 0.347 e. The first-order valence-electron chi connectivity index (χ1n) is 8.90. The summed E-state index contributed by atoms with van der Waals surface area (Å²) in [5.41, 5.74) is 6.69. The summed E-state index contributed by atoms with van der Waals surface area (Å²) in [5, 5.41) is 14.3. The van der Waals surface area contributed by atoms with Gasteiger partial charge in [0.05, 0.1) is 27.0 Å². The number of nitrogens with one attached hydrogen (secondary N) is 2. The van der Waals surface area contributed by atoms with Crippen LogP contribution in [0.1, 0.15) is 0 Å². The van der Waals surface area contributed by atoms with Gasteiger partial charge in [0.15, 0.2) is 11.6 Å². The third-order valence-corrected chi connectivity index (χ3v) is 5.10. The van der Waals surface area contributed by atoms with Crippen molar-refractivity contribution >= 4 is 52.4 Å². The van der Waals surface area contributed by atoms with E-state index in [0.29, 0.717) is 16.1 Å². The summed E-state index contributed by atoms with van der Waals surface area (Å²) in [6, 6.07) is 10.4. The standard InChI is InChI=1S/C20H13Cl3N6O3/c1-9-18(24)28-29(20(31)25-9)12-6-14(22)17(15(23)7-12)32-19-13(8-16(30)26-27-19)10-3-2-4-11(21)5-10/h2-8H,1H2,(H2,24,28)(H,25,31)(H,26,30). The highest BCUT2D eigenvalue weighted by Crippen LogP contribution is 2.41. The number of hydrazone groups is 1. The van der Waals surface area contributed by atoms with Gasteiger partial charge in [0, 0.05) is 11.1 Å². The van der Waals surface area contributed by atoms with Gasteiger partial charge in [-0.05, 0) is 29.8 Å². The number of hydrogen-bond acceptors (Lipinski definition) is 6. The van der Waals surface area contributed by atoms with E-state index in [-0.39, 0.29) is 38.9 Å². The zero-order valence-corrected chi connectivity index (χ0v) is 18.3. The van der Waals surface area contributed by atoms with Crippen molar-refractivity contribution in [3.05, 3.63) is 80.2 Å². The lowest BCUT2D eigenvalue weighted by atomic mass is 10.1. The Hall–Kier alpha value is -3.53. The lowest BCUT2D eigenvalue weighted by Gasteiger charge is -2.24. The number of hydrogen-bond donors (Lipinski definition) is 3. The Balaban J connectivity index is 1.73. The predicted octanol–water partition coefficient (Wildman–Crippen LogP) is 4.50. The minimum Gasteiger partial charge on any atom is -0.434 e. The molecule has 4 rings (SSSR count). The topological polar surface area (TPSA) is 126 Å². The number of ether oxygens (including phenoxy) is 1. The van der Waals surface area contributed by atoms with Crippen molar-refractivity contribution in [1.82, 2.24) is 15.5 Å². The number of carbonyl (C=O) groups excluding carboxylic acids is 1. The fourth-order valence-electron chi connectivity index (χ4n) is 2.83. The van der Waals surface area contributed by atoms with Crippen LogP contribution in [0.15, 0.2) is 64.6 Å². The van der Waals surface area contributed by atoms with Gasteiger partial charge >= 0.3 is 6.03 Å². The van der Waals surface area contributed by atoms with Crippen molar-refractivity contribution in [1.29, 1.82) is 0 Å². The molecule has 0 saturated carbocycles. The number of halogens is 3. The second-order valence-electron chi connectivity index (χ2n) is 6.51. The van der Waals surface area contributed by atoms with Crippen molar-refractivity contribution in [2.24, 2.45) is 10.8 Å². The Kier molecular flexibility index (Phi) is 5.79. The maximum atomic E-state index is 12.2. The largest absolute Gasteiger partial charge is 0.434 e. The fraction of sp³-hybridized carbons (Fsp3) is 0. The van der Waals surface area contributed by atoms with Crippen LogP contribution >= 0.6 is 34.8 Å². The molecule has 0 unspecified atom stereocenters. The van der Waals surface area contributed by atoms with Crippen LogP contribution in [-0.4, -0.2) is 22.1 Å². The third kappa shape index (κ3) is 4.26. The highest BCUT2D eigenvalue weighted by Gasteiger charge is 2.25. The van der Waals surface area contributed by atoms with Crippen molar-refractivity contribution in [2.45, 2.75) is 0 Å². The van der Waals surface area contributed by atoms with Gasteiger partial charge in [0.2, 0.25) is 5.88 Å². The zero-order valence-electron chi connectivity index (χ0n) is 16.0. The molecule has 9 nitrogen and oxygen atoms in total. The Morgan fingerprint density at radius 2 is 1.78 bits per heavy atom. The van der Waals surface area contributed by atoms with Crippen molar-refractivity contribution in [3.63, 3.8) is 0 Å². The molecule has 12 heteroatoms. The van der Waals surface area contributed by atoms with E-state index in [1.165, 1.54) is 18.2 Å². The highest BCUT2D eigenvalue weighted by atomic mass is 35.5. The van der Waals surface area contributed by atoms with Gasteiger partial charge in [0.25, 0.3) is 5.56 Å². The van der Waals surface area contributed by atoms with Crippen LogP contribution in [0.5, 0.6) is 11.6 Å². The summed E-state index contributed by atoms with van der Waals surface area (Å²) in [6.45, 7) is 3.59. The Morgan fingerprint density at radius 3 is 2.47 bits per heavy atom. The maximum absolute atomic E-state index is 12.2. The molecule has 2 heterocycles. The molecule has 2 aromatic carbocycles. The van der Waals surface area contributed by atoms with Gasteiger partial charge in [0.1, 0.15) is 0 Å². The monoisotopic (exact) mass is 490 g/mol. The summed E-state index contributed by atoms with van der Waals surface area (Å²) >= 11 is 18.8. The second-order valence-corrected chi connectivity index (χ2v) is 7.76. The zero-order chi connectivity index (χ0) is 23.0. The van der Waals surface area contributed by atoms with E-state index in [0.717, 1.165) is 5.01 Å². The van der Waals surface area contributed by atoms with E-state index in [4.69, 9.17) is 45.3 Å². The van der Waals surface area contributed by atoms with Gasteiger partial charge in [-0.2, -0.15) is 5.01 Å². The van der Waals surface area contributed by atoms with E-state index in [9.17, 15) is 9.59 Å². The predicted molar refractivity (Wildman–Crippen MR) is 124 cm³/mol. The molecule has 0 radical (unpaired) electrons. The van der Waals surface area contributed by atoms with Crippen LogP contribution < -0.4 is 26.4 Å². The Labute approximate surface area is 196 Å². The lowest BCUT2D eigenvalue weighted by molar-refractivity contribution is 0.248. The van der Waals surface area contributed by atoms with Gasteiger partial charge in [-0.25, -0.2) is 9.89 Å². The van der Waals surface area contributed by atoms with Gasteiger partial charge in [-0.1, -0.05) is 53.5 Å². The number of rotatable bonds is 4.